The zero-order valence-corrected chi connectivity index (χ0v) is 12.5. The van der Waals surface area contributed by atoms with Crippen LogP contribution in [0.25, 0.3) is 0 Å². The second kappa shape index (κ2) is 6.27. The maximum Gasteiger partial charge on any atom is 0.509 e. The number of carbonyl (C=O) groups excluding carboxylic acids is 1. The summed E-state index contributed by atoms with van der Waals surface area (Å²) in [5.41, 5.74) is 0.782. The van der Waals surface area contributed by atoms with Gasteiger partial charge in [-0.2, -0.15) is 0 Å². The van der Waals surface area contributed by atoms with Crippen molar-refractivity contribution in [2.75, 3.05) is 13.1 Å². The molecule has 4 nitrogen and oxygen atoms in total. The molecule has 20 heavy (non-hydrogen) atoms. The predicted octanol–water partition coefficient (Wildman–Crippen LogP) is 3.21. The zero-order chi connectivity index (χ0) is 14.6. The highest BCUT2D eigenvalue weighted by Crippen LogP contribution is 2.17. The Morgan fingerprint density at radius 3 is 2.65 bits per heavy atom. The standard InChI is InChI=1S/C16H23NO3/c1-16(2,3)20-15(18)19-14-9-10-17(12-14)11-13-7-5-4-6-8-13/h4-8,14H,9-12H2,1-3H3/t14-/m0/s1. The Hall–Kier alpha value is -1.55. The SMILES string of the molecule is CC(C)(C)OC(=O)O[C@H]1CCN(Cc2ccccc2)C1. The quantitative estimate of drug-likeness (QED) is 0.795. The van der Waals surface area contributed by atoms with E-state index in [2.05, 4.69) is 17.0 Å². The molecule has 0 amide bonds. The number of likely N-dealkylation sites (tertiary alicyclic amines) is 1. The summed E-state index contributed by atoms with van der Waals surface area (Å²) in [5, 5.41) is 0. The first kappa shape index (κ1) is 14.9. The van der Waals surface area contributed by atoms with Crippen molar-refractivity contribution < 1.29 is 14.3 Å². The van der Waals surface area contributed by atoms with Crippen molar-refractivity contribution >= 4 is 6.16 Å². The van der Waals surface area contributed by atoms with E-state index in [4.69, 9.17) is 9.47 Å². The van der Waals surface area contributed by atoms with Gasteiger partial charge in [0, 0.05) is 19.6 Å². The average Bonchev–Trinajstić information content (AvgIpc) is 2.75. The largest absolute Gasteiger partial charge is 0.509 e. The molecule has 1 heterocycles. The second-order valence-electron chi connectivity index (χ2n) is 6.21. The third-order valence-corrected chi connectivity index (χ3v) is 3.13. The first-order valence-corrected chi connectivity index (χ1v) is 7.08. The van der Waals surface area contributed by atoms with Crippen LogP contribution in [0.2, 0.25) is 0 Å². The Bertz CT molecular complexity index is 439. The normalized spacial score (nSPS) is 19.9. The maximum atomic E-state index is 11.6. The van der Waals surface area contributed by atoms with E-state index < -0.39 is 11.8 Å². The summed E-state index contributed by atoms with van der Waals surface area (Å²) in [6, 6.07) is 10.3. The van der Waals surface area contributed by atoms with Gasteiger partial charge in [-0.1, -0.05) is 30.3 Å². The molecule has 1 aliphatic heterocycles. The smallest absolute Gasteiger partial charge is 0.430 e. The van der Waals surface area contributed by atoms with Crippen molar-refractivity contribution in [2.45, 2.75) is 45.4 Å². The van der Waals surface area contributed by atoms with Crippen LogP contribution in [0, 0.1) is 0 Å². The molecule has 0 radical (unpaired) electrons. The molecule has 1 fully saturated rings. The van der Waals surface area contributed by atoms with Crippen LogP contribution in [-0.4, -0.2) is 35.8 Å². The highest BCUT2D eigenvalue weighted by molar-refractivity contribution is 5.60. The number of ether oxygens (including phenoxy) is 2. The molecule has 4 heteroatoms. The molecule has 2 rings (SSSR count). The lowest BCUT2D eigenvalue weighted by Gasteiger charge is -2.21. The van der Waals surface area contributed by atoms with Crippen molar-refractivity contribution in [3.8, 4) is 0 Å². The van der Waals surface area contributed by atoms with Gasteiger partial charge in [-0.15, -0.1) is 0 Å². The summed E-state index contributed by atoms with van der Waals surface area (Å²) >= 11 is 0. The van der Waals surface area contributed by atoms with Gasteiger partial charge in [0.2, 0.25) is 0 Å². The van der Waals surface area contributed by atoms with Crippen molar-refractivity contribution in [1.29, 1.82) is 0 Å². The Labute approximate surface area is 120 Å². The van der Waals surface area contributed by atoms with Crippen LogP contribution >= 0.6 is 0 Å². The molecule has 0 aromatic heterocycles. The van der Waals surface area contributed by atoms with Gasteiger partial charge >= 0.3 is 6.16 Å². The van der Waals surface area contributed by atoms with E-state index in [9.17, 15) is 4.79 Å². The van der Waals surface area contributed by atoms with E-state index in [0.29, 0.717) is 0 Å². The molecule has 0 aliphatic carbocycles. The highest BCUT2D eigenvalue weighted by atomic mass is 16.7. The van der Waals surface area contributed by atoms with Crippen molar-refractivity contribution in [2.24, 2.45) is 0 Å². The average molecular weight is 277 g/mol. The molecule has 1 aromatic carbocycles. The first-order valence-electron chi connectivity index (χ1n) is 7.08. The fraction of sp³-hybridized carbons (Fsp3) is 0.562. The van der Waals surface area contributed by atoms with Crippen LogP contribution in [0.4, 0.5) is 4.79 Å². The molecule has 1 aliphatic rings. The third kappa shape index (κ3) is 4.85. The topological polar surface area (TPSA) is 38.8 Å². The lowest BCUT2D eigenvalue weighted by Crippen LogP contribution is -2.29. The van der Waals surface area contributed by atoms with E-state index in [1.165, 1.54) is 5.56 Å². The number of hydrogen-bond donors (Lipinski definition) is 0. The van der Waals surface area contributed by atoms with Gasteiger partial charge < -0.3 is 9.47 Å². The van der Waals surface area contributed by atoms with E-state index >= 15 is 0 Å². The molecule has 1 atom stereocenters. The molecule has 0 unspecified atom stereocenters. The van der Waals surface area contributed by atoms with Crippen LogP contribution in [0.5, 0.6) is 0 Å². The summed E-state index contributed by atoms with van der Waals surface area (Å²) in [4.78, 5) is 13.9. The summed E-state index contributed by atoms with van der Waals surface area (Å²) in [5.74, 6) is 0. The van der Waals surface area contributed by atoms with E-state index in [1.807, 2.05) is 39.0 Å². The third-order valence-electron chi connectivity index (χ3n) is 3.13. The Morgan fingerprint density at radius 1 is 1.30 bits per heavy atom. The number of hydrogen-bond acceptors (Lipinski definition) is 4. The summed E-state index contributed by atoms with van der Waals surface area (Å²) < 4.78 is 10.5. The minimum atomic E-state index is -0.566. The molecule has 0 N–H and O–H groups in total. The molecule has 110 valence electrons. The maximum absolute atomic E-state index is 11.6. The van der Waals surface area contributed by atoms with Gasteiger partial charge in [0.15, 0.2) is 0 Å². The molecule has 0 spiro atoms. The minimum absolute atomic E-state index is 0.0615. The van der Waals surface area contributed by atoms with Gasteiger partial charge in [-0.25, -0.2) is 4.79 Å². The Morgan fingerprint density at radius 2 is 2.00 bits per heavy atom. The van der Waals surface area contributed by atoms with Gasteiger partial charge in [0.25, 0.3) is 0 Å². The highest BCUT2D eigenvalue weighted by Gasteiger charge is 2.27. The fourth-order valence-electron chi connectivity index (χ4n) is 2.29. The van der Waals surface area contributed by atoms with Crippen molar-refractivity contribution in [1.82, 2.24) is 4.90 Å². The second-order valence-corrected chi connectivity index (χ2v) is 6.21. The fourth-order valence-corrected chi connectivity index (χ4v) is 2.29. The monoisotopic (exact) mass is 277 g/mol. The molecule has 0 bridgehead atoms. The van der Waals surface area contributed by atoms with Crippen LogP contribution in [-0.2, 0) is 16.0 Å². The molecular weight excluding hydrogens is 254 g/mol. The first-order chi connectivity index (χ1) is 9.42. The predicted molar refractivity (Wildman–Crippen MR) is 77.4 cm³/mol. The lowest BCUT2D eigenvalue weighted by atomic mass is 10.2. The molecule has 1 aromatic rings. The Kier molecular flexibility index (Phi) is 4.65. The van der Waals surface area contributed by atoms with Gasteiger partial charge in [-0.3, -0.25) is 4.90 Å². The number of rotatable bonds is 3. The molecule has 0 saturated carbocycles. The Balaban J connectivity index is 1.77. The van der Waals surface area contributed by atoms with E-state index in [0.717, 1.165) is 26.1 Å². The summed E-state index contributed by atoms with van der Waals surface area (Å²) in [6.07, 6.45) is 0.240. The van der Waals surface area contributed by atoms with Gasteiger partial charge in [0.1, 0.15) is 11.7 Å². The minimum Gasteiger partial charge on any atom is -0.430 e. The van der Waals surface area contributed by atoms with Crippen LogP contribution in [0.3, 0.4) is 0 Å². The van der Waals surface area contributed by atoms with Crippen LogP contribution in [0.1, 0.15) is 32.8 Å². The number of benzene rings is 1. The number of carbonyl (C=O) groups is 1. The van der Waals surface area contributed by atoms with Crippen LogP contribution < -0.4 is 0 Å². The molecular formula is C16H23NO3. The lowest BCUT2D eigenvalue weighted by molar-refractivity contribution is -0.0246. The molecule has 1 saturated heterocycles. The van der Waals surface area contributed by atoms with Gasteiger partial charge in [0.05, 0.1) is 0 Å². The van der Waals surface area contributed by atoms with Gasteiger partial charge in [-0.05, 0) is 32.8 Å². The van der Waals surface area contributed by atoms with E-state index in [1.54, 1.807) is 0 Å². The van der Waals surface area contributed by atoms with E-state index in [-0.39, 0.29) is 6.10 Å². The summed E-state index contributed by atoms with van der Waals surface area (Å²) in [7, 11) is 0. The zero-order valence-electron chi connectivity index (χ0n) is 12.5. The van der Waals surface area contributed by atoms with Crippen LogP contribution in [0.15, 0.2) is 30.3 Å². The van der Waals surface area contributed by atoms with Crippen molar-refractivity contribution in [3.05, 3.63) is 35.9 Å². The van der Waals surface area contributed by atoms with Crippen molar-refractivity contribution in [3.63, 3.8) is 0 Å². The number of nitrogens with zero attached hydrogens (tertiary/aromatic N) is 1. The summed E-state index contributed by atoms with van der Waals surface area (Å²) in [6.45, 7) is 8.13.